The summed E-state index contributed by atoms with van der Waals surface area (Å²) in [6.45, 7) is 4.16. The average Bonchev–Trinajstić information content (AvgIpc) is 2.95. The van der Waals surface area contributed by atoms with Crippen LogP contribution in [0.4, 0.5) is 0 Å². The molecule has 0 aliphatic rings. The van der Waals surface area contributed by atoms with E-state index in [1.165, 1.54) is 36.4 Å². The molecule has 0 saturated carbocycles. The van der Waals surface area contributed by atoms with Gasteiger partial charge in [0, 0.05) is 18.3 Å². The van der Waals surface area contributed by atoms with Crippen LogP contribution in [0.5, 0.6) is 5.75 Å². The minimum Gasteiger partial charge on any atom is -0.496 e. The largest absolute Gasteiger partial charge is 0.496 e. The van der Waals surface area contributed by atoms with E-state index in [4.69, 9.17) is 9.47 Å². The summed E-state index contributed by atoms with van der Waals surface area (Å²) in [6.07, 6.45) is 2.76. The molecule has 3 rings (SSSR count). The van der Waals surface area contributed by atoms with E-state index < -0.39 is 21.9 Å². The van der Waals surface area contributed by atoms with Crippen LogP contribution in [0.1, 0.15) is 63.5 Å². The third-order valence-electron chi connectivity index (χ3n) is 5.95. The number of methoxy groups -OCH3 is 1. The highest BCUT2D eigenvalue weighted by Gasteiger charge is 2.21. The first-order valence-electron chi connectivity index (χ1n) is 12.4. The Hall–Kier alpha value is -4.25. The molecule has 206 valence electrons. The van der Waals surface area contributed by atoms with Gasteiger partial charge in [-0.15, -0.1) is 0 Å². The van der Waals surface area contributed by atoms with Gasteiger partial charge in [-0.1, -0.05) is 32.0 Å². The lowest BCUT2D eigenvalue weighted by Gasteiger charge is -2.13. The molecule has 1 aromatic heterocycles. The van der Waals surface area contributed by atoms with Crippen molar-refractivity contribution in [3.8, 4) is 5.75 Å². The van der Waals surface area contributed by atoms with Gasteiger partial charge in [0.25, 0.3) is 21.8 Å². The Morgan fingerprint density at radius 2 is 1.56 bits per heavy atom. The molecule has 0 atom stereocenters. The number of sulfonamides is 1. The van der Waals surface area contributed by atoms with E-state index in [9.17, 15) is 22.8 Å². The molecule has 11 heteroatoms. The Morgan fingerprint density at radius 3 is 2.18 bits per heavy atom. The van der Waals surface area contributed by atoms with Crippen molar-refractivity contribution in [3.63, 3.8) is 0 Å². The molecular weight excluding hydrogens is 522 g/mol. The quantitative estimate of drug-likeness (QED) is 0.325. The van der Waals surface area contributed by atoms with Gasteiger partial charge in [-0.3, -0.25) is 9.59 Å². The molecule has 0 unspecified atom stereocenters. The number of nitrogens with zero attached hydrogens (tertiary/aromatic N) is 1. The minimum absolute atomic E-state index is 0.0121. The van der Waals surface area contributed by atoms with Crippen LogP contribution in [0.2, 0.25) is 0 Å². The van der Waals surface area contributed by atoms with Gasteiger partial charge >= 0.3 is 5.97 Å². The molecule has 3 aromatic rings. The Labute approximate surface area is 227 Å². The second kappa shape index (κ2) is 13.5. The van der Waals surface area contributed by atoms with Crippen molar-refractivity contribution in [2.45, 2.75) is 44.1 Å². The Bertz CT molecular complexity index is 1400. The maximum Gasteiger partial charge on any atom is 0.357 e. The van der Waals surface area contributed by atoms with E-state index in [0.717, 1.165) is 17.5 Å². The molecule has 2 N–H and O–H groups in total. The standard InChI is InChI=1S/C28H31N3O7S/c1-4-22(5-2)38-28(34)24-15-12-21(18-30-24)27(33)31-39(35,36)23-13-10-20(11-14-23)26(32)29-17-16-19-8-6-7-9-25(19)37-3/h6-15,18,22H,4-5,16-17H2,1-3H3,(H,29,32)(H,31,33). The topological polar surface area (TPSA) is 141 Å². The van der Waals surface area contributed by atoms with Crippen LogP contribution in [0.3, 0.4) is 0 Å². The first-order chi connectivity index (χ1) is 18.7. The average molecular weight is 554 g/mol. The number of rotatable bonds is 12. The molecule has 2 amide bonds. The lowest BCUT2D eigenvalue weighted by atomic mass is 10.1. The predicted octanol–water partition coefficient (Wildman–Crippen LogP) is 3.53. The summed E-state index contributed by atoms with van der Waals surface area (Å²) in [5.41, 5.74) is 1.17. The maximum absolute atomic E-state index is 12.7. The van der Waals surface area contributed by atoms with Crippen molar-refractivity contribution >= 4 is 27.8 Å². The second-order valence-electron chi connectivity index (χ2n) is 8.55. The van der Waals surface area contributed by atoms with Gasteiger partial charge < -0.3 is 14.8 Å². The lowest BCUT2D eigenvalue weighted by Crippen LogP contribution is -2.31. The van der Waals surface area contributed by atoms with Crippen LogP contribution >= 0.6 is 0 Å². The fourth-order valence-corrected chi connectivity index (χ4v) is 4.64. The summed E-state index contributed by atoms with van der Waals surface area (Å²) in [7, 11) is -2.64. The monoisotopic (exact) mass is 553 g/mol. The zero-order valence-electron chi connectivity index (χ0n) is 22.0. The zero-order valence-corrected chi connectivity index (χ0v) is 22.8. The SMILES string of the molecule is CCC(CC)OC(=O)c1ccc(C(=O)NS(=O)(=O)c2ccc(C(=O)NCCc3ccccc3OC)cc2)cn1. The highest BCUT2D eigenvalue weighted by molar-refractivity contribution is 7.90. The summed E-state index contributed by atoms with van der Waals surface area (Å²) in [4.78, 5) is 40.9. The van der Waals surface area contributed by atoms with Crippen molar-refractivity contribution in [3.05, 3.63) is 89.2 Å². The van der Waals surface area contributed by atoms with E-state index in [-0.39, 0.29) is 33.7 Å². The normalized spacial score (nSPS) is 11.1. The number of aromatic nitrogens is 1. The fraction of sp³-hybridized carbons (Fsp3) is 0.286. The van der Waals surface area contributed by atoms with Crippen LogP contribution < -0.4 is 14.8 Å². The van der Waals surface area contributed by atoms with Crippen LogP contribution in [-0.2, 0) is 21.2 Å². The zero-order chi connectivity index (χ0) is 28.4. The number of pyridine rings is 1. The van der Waals surface area contributed by atoms with Gasteiger partial charge in [0.15, 0.2) is 0 Å². The first-order valence-corrected chi connectivity index (χ1v) is 13.9. The fourth-order valence-electron chi connectivity index (χ4n) is 3.66. The Kier molecular flexibility index (Phi) is 10.2. The van der Waals surface area contributed by atoms with Gasteiger partial charge in [-0.05, 0) is 67.3 Å². The van der Waals surface area contributed by atoms with E-state index in [0.29, 0.717) is 25.8 Å². The van der Waals surface area contributed by atoms with Crippen molar-refractivity contribution in [1.82, 2.24) is 15.0 Å². The minimum atomic E-state index is -4.22. The molecule has 1 heterocycles. The maximum atomic E-state index is 12.7. The molecule has 0 fully saturated rings. The van der Waals surface area contributed by atoms with Crippen molar-refractivity contribution < 1.29 is 32.3 Å². The van der Waals surface area contributed by atoms with E-state index in [1.54, 1.807) is 7.11 Å². The number of amides is 2. The van der Waals surface area contributed by atoms with Crippen LogP contribution in [0.25, 0.3) is 0 Å². The van der Waals surface area contributed by atoms with Crippen molar-refractivity contribution in [1.29, 1.82) is 0 Å². The highest BCUT2D eigenvalue weighted by atomic mass is 32.2. The lowest BCUT2D eigenvalue weighted by molar-refractivity contribution is 0.0277. The van der Waals surface area contributed by atoms with E-state index in [1.807, 2.05) is 42.8 Å². The van der Waals surface area contributed by atoms with Gasteiger partial charge in [0.2, 0.25) is 0 Å². The van der Waals surface area contributed by atoms with Crippen LogP contribution in [0, 0.1) is 0 Å². The Morgan fingerprint density at radius 1 is 0.897 bits per heavy atom. The molecule has 0 aliphatic carbocycles. The molecule has 39 heavy (non-hydrogen) atoms. The summed E-state index contributed by atoms with van der Waals surface area (Å²) < 4.78 is 38.0. The van der Waals surface area contributed by atoms with Crippen molar-refractivity contribution in [2.24, 2.45) is 0 Å². The highest BCUT2D eigenvalue weighted by Crippen LogP contribution is 2.17. The van der Waals surface area contributed by atoms with E-state index >= 15 is 0 Å². The third-order valence-corrected chi connectivity index (χ3v) is 7.29. The molecule has 0 radical (unpaired) electrons. The van der Waals surface area contributed by atoms with Gasteiger partial charge in [-0.2, -0.15) is 0 Å². The van der Waals surface area contributed by atoms with E-state index in [2.05, 4.69) is 10.3 Å². The summed E-state index contributed by atoms with van der Waals surface area (Å²) in [5, 5.41) is 2.79. The van der Waals surface area contributed by atoms with Crippen LogP contribution in [0.15, 0.2) is 71.8 Å². The molecule has 0 aliphatic heterocycles. The number of esters is 1. The molecule has 0 spiro atoms. The Balaban J connectivity index is 1.57. The molecular formula is C28H31N3O7S. The molecule has 0 bridgehead atoms. The number of carbonyl (C=O) groups is 3. The van der Waals surface area contributed by atoms with Gasteiger partial charge in [-0.25, -0.2) is 22.9 Å². The summed E-state index contributed by atoms with van der Waals surface area (Å²) in [5.74, 6) is -1.17. The number of benzene rings is 2. The number of hydrogen-bond donors (Lipinski definition) is 2. The van der Waals surface area contributed by atoms with Gasteiger partial charge in [0.05, 0.1) is 17.6 Å². The number of nitrogens with one attached hydrogen (secondary N) is 2. The first kappa shape index (κ1) is 29.3. The number of hydrogen-bond acceptors (Lipinski definition) is 8. The molecule has 10 nitrogen and oxygen atoms in total. The number of ether oxygens (including phenoxy) is 2. The molecule has 2 aromatic carbocycles. The predicted molar refractivity (Wildman–Crippen MR) is 144 cm³/mol. The third kappa shape index (κ3) is 7.87. The number of carbonyl (C=O) groups excluding carboxylic acids is 3. The molecule has 0 saturated heterocycles. The number of para-hydroxylation sites is 1. The van der Waals surface area contributed by atoms with Crippen LogP contribution in [-0.4, -0.2) is 50.9 Å². The summed E-state index contributed by atoms with van der Waals surface area (Å²) in [6, 6.07) is 15.3. The smallest absolute Gasteiger partial charge is 0.357 e. The summed E-state index contributed by atoms with van der Waals surface area (Å²) >= 11 is 0. The van der Waals surface area contributed by atoms with Gasteiger partial charge in [0.1, 0.15) is 17.5 Å². The van der Waals surface area contributed by atoms with Crippen molar-refractivity contribution in [2.75, 3.05) is 13.7 Å². The second-order valence-corrected chi connectivity index (χ2v) is 10.2.